The molecule has 0 unspecified atom stereocenters. The number of aromatic nitrogens is 1. The Balaban J connectivity index is 2.02. The number of methoxy groups -OCH3 is 1. The Labute approximate surface area is 127 Å². The number of nitrogens with zero attached hydrogens (tertiary/aromatic N) is 1. The summed E-state index contributed by atoms with van der Waals surface area (Å²) in [4.78, 5) is 15.0. The number of thiazole rings is 1. The Morgan fingerprint density at radius 3 is 2.95 bits per heavy atom. The van der Waals surface area contributed by atoms with Crippen LogP contribution < -0.4 is 5.32 Å². The Kier molecular flexibility index (Phi) is 5.71. The average Bonchev–Trinajstić information content (AvgIpc) is 2.92. The molecule has 2 N–H and O–H groups in total. The summed E-state index contributed by atoms with van der Waals surface area (Å²) in [6.45, 7) is 0.667. The fourth-order valence-electron chi connectivity index (χ4n) is 1.90. The number of hydrogen-bond donors (Lipinski definition) is 2. The van der Waals surface area contributed by atoms with Gasteiger partial charge in [0.25, 0.3) is 0 Å². The molecule has 1 heterocycles. The summed E-state index contributed by atoms with van der Waals surface area (Å²) in [7, 11) is 1.69. The minimum absolute atomic E-state index is 0.105. The molecular weight excluding hydrogens is 288 g/mol. The smallest absolute Gasteiger partial charge is 0.303 e. The average molecular weight is 306 g/mol. The van der Waals surface area contributed by atoms with Crippen LogP contribution in [0.25, 0.3) is 0 Å². The first kappa shape index (κ1) is 15.5. The van der Waals surface area contributed by atoms with E-state index in [0.717, 1.165) is 22.9 Å². The lowest BCUT2D eigenvalue weighted by Crippen LogP contribution is -2.00. The first-order valence-corrected chi connectivity index (χ1v) is 7.57. The second kappa shape index (κ2) is 7.75. The third-order valence-electron chi connectivity index (χ3n) is 2.98. The van der Waals surface area contributed by atoms with Crippen molar-refractivity contribution in [2.45, 2.75) is 19.3 Å². The minimum Gasteiger partial charge on any atom is -0.481 e. The molecule has 0 saturated carbocycles. The predicted molar refractivity (Wildman–Crippen MR) is 83.4 cm³/mol. The zero-order valence-electron chi connectivity index (χ0n) is 11.8. The molecule has 0 aliphatic heterocycles. The molecule has 2 rings (SSSR count). The topological polar surface area (TPSA) is 71.5 Å². The number of rotatable bonds is 8. The van der Waals surface area contributed by atoms with E-state index in [1.54, 1.807) is 7.11 Å². The van der Waals surface area contributed by atoms with E-state index in [4.69, 9.17) is 9.84 Å². The van der Waals surface area contributed by atoms with Crippen LogP contribution in [0.15, 0.2) is 29.6 Å². The highest BCUT2D eigenvalue weighted by atomic mass is 32.1. The molecule has 0 amide bonds. The van der Waals surface area contributed by atoms with Gasteiger partial charge in [-0.1, -0.05) is 18.2 Å². The lowest BCUT2D eigenvalue weighted by atomic mass is 10.1. The van der Waals surface area contributed by atoms with Crippen molar-refractivity contribution in [1.29, 1.82) is 0 Å². The fourth-order valence-corrected chi connectivity index (χ4v) is 2.66. The number of carboxylic acid groups (broad SMARTS) is 1. The lowest BCUT2D eigenvalue weighted by molar-refractivity contribution is -0.136. The number of aliphatic carboxylic acids is 1. The standard InChI is InChI=1S/C15H18N2O3S/c1-20-9-8-11-4-2-3-5-13(11)17-15-16-12(10-21-15)6-7-14(18)19/h2-5,10H,6-9H2,1H3,(H,16,17)(H,18,19). The Hall–Kier alpha value is -1.92. The van der Waals surface area contributed by atoms with Crippen LogP contribution in [0, 0.1) is 0 Å². The molecule has 0 atom stereocenters. The molecule has 5 nitrogen and oxygen atoms in total. The van der Waals surface area contributed by atoms with Gasteiger partial charge < -0.3 is 15.2 Å². The van der Waals surface area contributed by atoms with Gasteiger partial charge >= 0.3 is 5.97 Å². The molecule has 2 aromatic rings. The molecule has 0 fully saturated rings. The van der Waals surface area contributed by atoms with Crippen LogP contribution in [0.3, 0.4) is 0 Å². The van der Waals surface area contributed by atoms with E-state index < -0.39 is 5.97 Å². The molecule has 1 aromatic carbocycles. The van der Waals surface area contributed by atoms with Crippen LogP contribution in [0.2, 0.25) is 0 Å². The second-order valence-corrected chi connectivity index (χ2v) is 5.42. The maximum Gasteiger partial charge on any atom is 0.303 e. The molecule has 0 radical (unpaired) electrons. The molecule has 112 valence electrons. The Morgan fingerprint density at radius 1 is 1.38 bits per heavy atom. The fraction of sp³-hybridized carbons (Fsp3) is 0.333. The van der Waals surface area contributed by atoms with Crippen molar-refractivity contribution < 1.29 is 14.6 Å². The summed E-state index contributed by atoms with van der Waals surface area (Å²) in [5, 5.41) is 14.6. The van der Waals surface area contributed by atoms with E-state index >= 15 is 0 Å². The van der Waals surface area contributed by atoms with Gasteiger partial charge in [0.1, 0.15) is 0 Å². The maximum absolute atomic E-state index is 10.6. The maximum atomic E-state index is 10.6. The zero-order valence-corrected chi connectivity index (χ0v) is 12.7. The monoisotopic (exact) mass is 306 g/mol. The minimum atomic E-state index is -0.803. The van der Waals surface area contributed by atoms with Gasteiger partial charge in [-0.25, -0.2) is 4.98 Å². The van der Waals surface area contributed by atoms with Crippen LogP contribution in [-0.2, 0) is 22.4 Å². The number of hydrogen-bond acceptors (Lipinski definition) is 5. The van der Waals surface area contributed by atoms with Crippen LogP contribution >= 0.6 is 11.3 Å². The first-order valence-electron chi connectivity index (χ1n) is 6.69. The van der Waals surface area contributed by atoms with Crippen molar-refractivity contribution >= 4 is 28.1 Å². The third kappa shape index (κ3) is 4.84. The number of carbonyl (C=O) groups is 1. The summed E-state index contributed by atoms with van der Waals surface area (Å²) in [5.41, 5.74) is 2.98. The highest BCUT2D eigenvalue weighted by Gasteiger charge is 2.07. The van der Waals surface area contributed by atoms with Gasteiger partial charge in [0.15, 0.2) is 5.13 Å². The van der Waals surface area contributed by atoms with E-state index in [0.29, 0.717) is 13.0 Å². The van der Waals surface area contributed by atoms with Crippen molar-refractivity contribution in [1.82, 2.24) is 4.98 Å². The predicted octanol–water partition coefficient (Wildman–Crippen LogP) is 3.09. The molecule has 6 heteroatoms. The van der Waals surface area contributed by atoms with E-state index in [-0.39, 0.29) is 6.42 Å². The molecule has 0 bridgehead atoms. The number of nitrogens with one attached hydrogen (secondary N) is 1. The molecule has 0 aliphatic rings. The molecule has 1 aromatic heterocycles. The summed E-state index contributed by atoms with van der Waals surface area (Å²) in [6, 6.07) is 8.03. The summed E-state index contributed by atoms with van der Waals surface area (Å²) in [6.07, 6.45) is 1.39. The van der Waals surface area contributed by atoms with Crippen molar-refractivity contribution in [3.8, 4) is 0 Å². The number of anilines is 2. The molecular formula is C15H18N2O3S. The van der Waals surface area contributed by atoms with Crippen molar-refractivity contribution in [2.24, 2.45) is 0 Å². The number of benzene rings is 1. The number of carboxylic acids is 1. The van der Waals surface area contributed by atoms with E-state index in [2.05, 4.69) is 16.4 Å². The quantitative estimate of drug-likeness (QED) is 0.784. The third-order valence-corrected chi connectivity index (χ3v) is 3.79. The molecule has 21 heavy (non-hydrogen) atoms. The van der Waals surface area contributed by atoms with Crippen LogP contribution in [0.1, 0.15) is 17.7 Å². The van der Waals surface area contributed by atoms with Gasteiger partial charge in [-0.15, -0.1) is 11.3 Å². The number of aryl methyl sites for hydroxylation is 1. The molecule has 0 spiro atoms. The van der Waals surface area contributed by atoms with Gasteiger partial charge in [-0.05, 0) is 18.1 Å². The van der Waals surface area contributed by atoms with Crippen LogP contribution in [0.5, 0.6) is 0 Å². The van der Waals surface area contributed by atoms with E-state index in [9.17, 15) is 4.79 Å². The normalized spacial score (nSPS) is 10.5. The number of ether oxygens (including phenoxy) is 1. The van der Waals surface area contributed by atoms with Crippen molar-refractivity contribution in [2.75, 3.05) is 19.0 Å². The first-order chi connectivity index (χ1) is 10.2. The van der Waals surface area contributed by atoms with Crippen LogP contribution in [0.4, 0.5) is 10.8 Å². The largest absolute Gasteiger partial charge is 0.481 e. The van der Waals surface area contributed by atoms with Gasteiger partial charge in [-0.2, -0.15) is 0 Å². The number of para-hydroxylation sites is 1. The van der Waals surface area contributed by atoms with E-state index in [1.165, 1.54) is 16.9 Å². The van der Waals surface area contributed by atoms with Gasteiger partial charge in [0.05, 0.1) is 18.7 Å². The second-order valence-electron chi connectivity index (χ2n) is 4.56. The zero-order chi connectivity index (χ0) is 15.1. The summed E-state index contributed by atoms with van der Waals surface area (Å²) >= 11 is 1.48. The summed E-state index contributed by atoms with van der Waals surface area (Å²) < 4.78 is 5.11. The van der Waals surface area contributed by atoms with Gasteiger partial charge in [-0.3, -0.25) is 4.79 Å². The van der Waals surface area contributed by atoms with Crippen molar-refractivity contribution in [3.05, 3.63) is 40.9 Å². The summed E-state index contributed by atoms with van der Waals surface area (Å²) in [5.74, 6) is -0.803. The van der Waals surface area contributed by atoms with Gasteiger partial charge in [0.2, 0.25) is 0 Å². The van der Waals surface area contributed by atoms with Crippen molar-refractivity contribution in [3.63, 3.8) is 0 Å². The van der Waals surface area contributed by atoms with Crippen LogP contribution in [-0.4, -0.2) is 29.8 Å². The van der Waals surface area contributed by atoms with Gasteiger partial charge in [0, 0.05) is 24.6 Å². The SMILES string of the molecule is COCCc1ccccc1Nc1nc(CCC(=O)O)cs1. The Morgan fingerprint density at radius 2 is 2.19 bits per heavy atom. The van der Waals surface area contributed by atoms with E-state index in [1.807, 2.05) is 23.6 Å². The highest BCUT2D eigenvalue weighted by molar-refractivity contribution is 7.13. The molecule has 0 aliphatic carbocycles. The Bertz CT molecular complexity index is 598. The lowest BCUT2D eigenvalue weighted by Gasteiger charge is -2.09. The molecule has 0 saturated heterocycles. The highest BCUT2D eigenvalue weighted by Crippen LogP contribution is 2.24.